The first kappa shape index (κ1) is 14.0. The predicted molar refractivity (Wildman–Crippen MR) is 78.9 cm³/mol. The Hall–Kier alpha value is -1.40. The van der Waals surface area contributed by atoms with Gasteiger partial charge in [0, 0.05) is 26.7 Å². The lowest BCUT2D eigenvalue weighted by Gasteiger charge is -2.34. The Bertz CT molecular complexity index is 526. The average Bonchev–Trinajstić information content (AvgIpc) is 2.32. The van der Waals surface area contributed by atoms with Gasteiger partial charge in [-0.1, -0.05) is 12.2 Å². The van der Waals surface area contributed by atoms with E-state index in [-0.39, 0.29) is 5.91 Å². The van der Waals surface area contributed by atoms with Gasteiger partial charge in [0.15, 0.2) is 0 Å². The van der Waals surface area contributed by atoms with Crippen LogP contribution in [0.4, 0.5) is 5.69 Å². The number of H-pyrrole nitrogens is 1. The number of piperazine rings is 1. The lowest BCUT2D eigenvalue weighted by molar-refractivity contribution is -0.129. The number of nitrogens with one attached hydrogen (secondary N) is 1. The first-order valence-corrected chi connectivity index (χ1v) is 6.74. The molecule has 1 fully saturated rings. The van der Waals surface area contributed by atoms with Gasteiger partial charge in [-0.2, -0.15) is 0 Å². The van der Waals surface area contributed by atoms with Gasteiger partial charge in [-0.15, -0.1) is 0 Å². The number of carbonyl (C=O) groups is 1. The van der Waals surface area contributed by atoms with Gasteiger partial charge in [0.05, 0.1) is 17.9 Å². The summed E-state index contributed by atoms with van der Waals surface area (Å²) in [5, 5.41) is 0. The van der Waals surface area contributed by atoms with Gasteiger partial charge in [0.1, 0.15) is 4.64 Å². The fourth-order valence-electron chi connectivity index (χ4n) is 2.21. The molecule has 6 heteroatoms. The van der Waals surface area contributed by atoms with Gasteiger partial charge < -0.3 is 19.7 Å². The van der Waals surface area contributed by atoms with Crippen LogP contribution in [0.1, 0.15) is 5.69 Å². The molecule has 0 unspecified atom stereocenters. The Balaban J connectivity index is 2.28. The van der Waals surface area contributed by atoms with Gasteiger partial charge in [-0.05, 0) is 26.2 Å². The zero-order valence-corrected chi connectivity index (χ0v) is 12.5. The summed E-state index contributed by atoms with van der Waals surface area (Å²) in [5.41, 5.74) is 2.14. The van der Waals surface area contributed by atoms with Crippen molar-refractivity contribution in [1.82, 2.24) is 14.8 Å². The molecule has 104 valence electrons. The topological polar surface area (TPSA) is 42.6 Å². The standard InChI is InChI=1S/C13H20N4OS/c1-15(2)8-10-11(4-5-12(19)14-10)17-7-6-16(3)13(18)9-17/h4-5H,6-9H2,1-3H3,(H,14,19). The van der Waals surface area contributed by atoms with Crippen molar-refractivity contribution in [2.24, 2.45) is 0 Å². The molecule has 1 aliphatic rings. The van der Waals surface area contributed by atoms with E-state index in [4.69, 9.17) is 12.2 Å². The van der Waals surface area contributed by atoms with E-state index < -0.39 is 0 Å². The zero-order valence-electron chi connectivity index (χ0n) is 11.6. The number of amides is 1. The molecule has 1 saturated heterocycles. The van der Waals surface area contributed by atoms with Crippen molar-refractivity contribution in [3.63, 3.8) is 0 Å². The van der Waals surface area contributed by atoms with Crippen LogP contribution in [-0.4, -0.2) is 61.5 Å². The monoisotopic (exact) mass is 280 g/mol. The largest absolute Gasteiger partial charge is 0.359 e. The molecule has 1 N–H and O–H groups in total. The van der Waals surface area contributed by atoms with Crippen molar-refractivity contribution in [3.8, 4) is 0 Å². The molecule has 0 saturated carbocycles. The van der Waals surface area contributed by atoms with E-state index >= 15 is 0 Å². The second-order valence-corrected chi connectivity index (χ2v) is 5.60. The second kappa shape index (κ2) is 5.71. The summed E-state index contributed by atoms with van der Waals surface area (Å²) in [5.74, 6) is 0.157. The van der Waals surface area contributed by atoms with Crippen molar-refractivity contribution in [3.05, 3.63) is 22.5 Å². The molecular weight excluding hydrogens is 260 g/mol. The first-order valence-electron chi connectivity index (χ1n) is 6.33. The Labute approximate surface area is 118 Å². The highest BCUT2D eigenvalue weighted by atomic mass is 32.1. The molecule has 0 aliphatic carbocycles. The molecule has 0 spiro atoms. The molecule has 0 bridgehead atoms. The van der Waals surface area contributed by atoms with Crippen LogP contribution in [0.25, 0.3) is 0 Å². The van der Waals surface area contributed by atoms with Crippen LogP contribution in [-0.2, 0) is 11.3 Å². The van der Waals surface area contributed by atoms with Crippen molar-refractivity contribution in [2.45, 2.75) is 6.54 Å². The molecule has 1 aromatic heterocycles. The fraction of sp³-hybridized carbons (Fsp3) is 0.538. The number of aromatic amines is 1. The lowest BCUT2D eigenvalue weighted by atomic mass is 10.2. The number of aromatic nitrogens is 1. The predicted octanol–water partition coefficient (Wildman–Crippen LogP) is 1.08. The van der Waals surface area contributed by atoms with E-state index in [0.29, 0.717) is 6.54 Å². The maximum absolute atomic E-state index is 11.8. The Morgan fingerprint density at radius 3 is 2.74 bits per heavy atom. The highest BCUT2D eigenvalue weighted by Gasteiger charge is 2.23. The quantitative estimate of drug-likeness (QED) is 0.842. The SMILES string of the molecule is CN(C)Cc1[nH]c(=S)ccc1N1CCN(C)C(=O)C1. The molecule has 1 amide bonds. The number of anilines is 1. The Morgan fingerprint density at radius 1 is 1.37 bits per heavy atom. The molecule has 0 aromatic carbocycles. The summed E-state index contributed by atoms with van der Waals surface area (Å²) in [6.45, 7) is 2.82. The van der Waals surface area contributed by atoms with Crippen LogP contribution in [0.15, 0.2) is 12.1 Å². The number of pyridine rings is 1. The van der Waals surface area contributed by atoms with Gasteiger partial charge in [0.2, 0.25) is 5.91 Å². The van der Waals surface area contributed by atoms with Crippen molar-refractivity contribution >= 4 is 23.8 Å². The number of hydrogen-bond donors (Lipinski definition) is 1. The van der Waals surface area contributed by atoms with Crippen molar-refractivity contribution in [1.29, 1.82) is 0 Å². The molecule has 19 heavy (non-hydrogen) atoms. The normalized spacial score (nSPS) is 16.3. The maximum atomic E-state index is 11.8. The summed E-state index contributed by atoms with van der Waals surface area (Å²) in [6.07, 6.45) is 0. The van der Waals surface area contributed by atoms with Crippen LogP contribution >= 0.6 is 12.2 Å². The van der Waals surface area contributed by atoms with Crippen molar-refractivity contribution in [2.75, 3.05) is 45.7 Å². The first-order chi connectivity index (χ1) is 8.97. The summed E-state index contributed by atoms with van der Waals surface area (Å²) < 4.78 is 0.723. The lowest BCUT2D eigenvalue weighted by Crippen LogP contribution is -2.49. The number of rotatable bonds is 3. The van der Waals surface area contributed by atoms with Crippen LogP contribution < -0.4 is 4.90 Å². The third-order valence-electron chi connectivity index (χ3n) is 3.25. The summed E-state index contributed by atoms with van der Waals surface area (Å²) in [7, 11) is 5.88. The van der Waals surface area contributed by atoms with Gasteiger partial charge in [-0.3, -0.25) is 4.79 Å². The highest BCUT2D eigenvalue weighted by Crippen LogP contribution is 2.21. The second-order valence-electron chi connectivity index (χ2n) is 5.16. The van der Waals surface area contributed by atoms with Gasteiger partial charge in [0.25, 0.3) is 0 Å². The molecule has 2 rings (SSSR count). The van der Waals surface area contributed by atoms with E-state index in [1.165, 1.54) is 0 Å². The van der Waals surface area contributed by atoms with E-state index in [1.807, 2.05) is 33.3 Å². The Kier molecular flexibility index (Phi) is 4.21. The maximum Gasteiger partial charge on any atom is 0.241 e. The minimum Gasteiger partial charge on any atom is -0.359 e. The number of likely N-dealkylation sites (N-methyl/N-ethyl adjacent to an activating group) is 1. The molecular formula is C13H20N4OS. The van der Waals surface area contributed by atoms with Gasteiger partial charge >= 0.3 is 0 Å². The number of carbonyl (C=O) groups excluding carboxylic acids is 1. The molecule has 5 nitrogen and oxygen atoms in total. The Morgan fingerprint density at radius 2 is 2.11 bits per heavy atom. The minimum absolute atomic E-state index is 0.157. The highest BCUT2D eigenvalue weighted by molar-refractivity contribution is 7.71. The number of nitrogens with zero attached hydrogens (tertiary/aromatic N) is 3. The number of hydrogen-bond acceptors (Lipinski definition) is 4. The average molecular weight is 280 g/mol. The van der Waals surface area contributed by atoms with E-state index in [9.17, 15) is 4.79 Å². The van der Waals surface area contributed by atoms with Crippen molar-refractivity contribution < 1.29 is 4.79 Å². The molecule has 2 heterocycles. The van der Waals surface area contributed by atoms with Gasteiger partial charge in [-0.25, -0.2) is 0 Å². The minimum atomic E-state index is 0.157. The molecule has 1 aromatic rings. The van der Waals surface area contributed by atoms with Crippen LogP contribution in [0.5, 0.6) is 0 Å². The molecule has 1 aliphatic heterocycles. The van der Waals surface area contributed by atoms with Crippen LogP contribution in [0.2, 0.25) is 0 Å². The van der Waals surface area contributed by atoms with E-state index in [0.717, 1.165) is 35.7 Å². The third-order valence-corrected chi connectivity index (χ3v) is 3.49. The molecule has 0 atom stereocenters. The zero-order chi connectivity index (χ0) is 14.0. The summed E-state index contributed by atoms with van der Waals surface area (Å²) in [6, 6.07) is 3.89. The summed E-state index contributed by atoms with van der Waals surface area (Å²) >= 11 is 5.19. The van der Waals surface area contributed by atoms with Crippen LogP contribution in [0.3, 0.4) is 0 Å². The van der Waals surface area contributed by atoms with E-state index in [1.54, 1.807) is 4.90 Å². The third kappa shape index (κ3) is 3.33. The smallest absolute Gasteiger partial charge is 0.241 e. The fourth-order valence-corrected chi connectivity index (χ4v) is 2.40. The molecule has 0 radical (unpaired) electrons. The van der Waals surface area contributed by atoms with E-state index in [2.05, 4.69) is 14.8 Å². The van der Waals surface area contributed by atoms with Crippen LogP contribution in [0, 0.1) is 4.64 Å². The summed E-state index contributed by atoms with van der Waals surface area (Å²) in [4.78, 5) is 21.0.